The molecule has 0 bridgehead atoms. The van der Waals surface area contributed by atoms with Gasteiger partial charge in [-0.05, 0) is 19.1 Å². The minimum absolute atomic E-state index is 0.557. The quantitative estimate of drug-likeness (QED) is 0.661. The van der Waals surface area contributed by atoms with Crippen LogP contribution in [0.25, 0.3) is 0 Å². The fourth-order valence-electron chi connectivity index (χ4n) is 1.22. The lowest BCUT2D eigenvalue weighted by Gasteiger charge is -2.24. The Kier molecular flexibility index (Phi) is 3.49. The summed E-state index contributed by atoms with van der Waals surface area (Å²) in [6, 6.07) is 0.557. The normalized spacial score (nSPS) is 34.2. The second kappa shape index (κ2) is 4.19. The lowest BCUT2D eigenvalue weighted by molar-refractivity contribution is 0.241. The Bertz CT molecular complexity index is 91.6. The molecule has 1 heterocycles. The van der Waals surface area contributed by atoms with Gasteiger partial charge in [-0.15, -0.1) is 0 Å². The molecule has 1 fully saturated rings. The van der Waals surface area contributed by atoms with Crippen LogP contribution in [0.2, 0.25) is 0 Å². The Balaban J connectivity index is 2.13. The van der Waals surface area contributed by atoms with E-state index in [-0.39, 0.29) is 0 Å². The van der Waals surface area contributed by atoms with Gasteiger partial charge < -0.3 is 5.32 Å². The van der Waals surface area contributed by atoms with Crippen molar-refractivity contribution in [3.05, 3.63) is 0 Å². The number of alkyl halides is 1. The average molecular weight is 163 g/mol. The maximum Gasteiger partial charge on any atom is 0.113 e. The van der Waals surface area contributed by atoms with E-state index in [2.05, 4.69) is 11.6 Å². The maximum atomic E-state index is 12.5. The zero-order chi connectivity index (χ0) is 7.40. The molecule has 60 valence electrons. The molecule has 10 heavy (non-hydrogen) atoms. The summed E-state index contributed by atoms with van der Waals surface area (Å²) >= 11 is 1.82. The van der Waals surface area contributed by atoms with Gasteiger partial charge in [-0.1, -0.05) is 0 Å². The van der Waals surface area contributed by atoms with Crippen molar-refractivity contribution in [1.29, 1.82) is 0 Å². The van der Waals surface area contributed by atoms with Gasteiger partial charge in [0.25, 0.3) is 0 Å². The Morgan fingerprint density at radius 3 is 2.90 bits per heavy atom. The number of hydrogen-bond acceptors (Lipinski definition) is 2. The largest absolute Gasteiger partial charge is 0.310 e. The molecule has 0 aromatic carbocycles. The standard InChI is InChI=1S/C7H14FNS/c1-10-5-7-3-2-6(8)4-9-7/h6-7,9H,2-5H2,1H3. The van der Waals surface area contributed by atoms with E-state index in [1.807, 2.05) is 11.8 Å². The summed E-state index contributed by atoms with van der Waals surface area (Å²) in [6.07, 6.45) is 3.24. The average Bonchev–Trinajstić information content (AvgIpc) is 1.95. The Hall–Kier alpha value is 0.240. The van der Waals surface area contributed by atoms with Crippen molar-refractivity contribution in [3.8, 4) is 0 Å². The first kappa shape index (κ1) is 8.34. The lowest BCUT2D eigenvalue weighted by Crippen LogP contribution is -2.41. The highest BCUT2D eigenvalue weighted by Gasteiger charge is 2.18. The zero-order valence-electron chi connectivity index (χ0n) is 6.27. The van der Waals surface area contributed by atoms with E-state index in [0.29, 0.717) is 12.6 Å². The van der Waals surface area contributed by atoms with Gasteiger partial charge in [0.2, 0.25) is 0 Å². The molecule has 1 aliphatic heterocycles. The highest BCUT2D eigenvalue weighted by molar-refractivity contribution is 7.98. The highest BCUT2D eigenvalue weighted by Crippen LogP contribution is 2.13. The van der Waals surface area contributed by atoms with Gasteiger partial charge in [0.1, 0.15) is 6.17 Å². The summed E-state index contributed by atoms with van der Waals surface area (Å²) in [5, 5.41) is 3.17. The van der Waals surface area contributed by atoms with Crippen molar-refractivity contribution in [2.45, 2.75) is 25.1 Å². The third kappa shape index (κ3) is 2.46. The predicted molar refractivity (Wildman–Crippen MR) is 44.3 cm³/mol. The fraction of sp³-hybridized carbons (Fsp3) is 1.00. The van der Waals surface area contributed by atoms with Crippen LogP contribution in [0, 0.1) is 0 Å². The van der Waals surface area contributed by atoms with E-state index in [1.54, 1.807) is 0 Å². The first-order chi connectivity index (χ1) is 4.83. The highest BCUT2D eigenvalue weighted by atomic mass is 32.2. The van der Waals surface area contributed by atoms with Gasteiger partial charge in [0.15, 0.2) is 0 Å². The van der Waals surface area contributed by atoms with E-state index in [0.717, 1.165) is 18.6 Å². The summed E-state index contributed by atoms with van der Waals surface area (Å²) in [7, 11) is 0. The van der Waals surface area contributed by atoms with Crippen LogP contribution >= 0.6 is 11.8 Å². The minimum atomic E-state index is -0.599. The molecule has 0 aromatic heterocycles. The predicted octanol–water partition coefficient (Wildman–Crippen LogP) is 1.44. The molecule has 2 atom stereocenters. The molecule has 0 aliphatic carbocycles. The van der Waals surface area contributed by atoms with Gasteiger partial charge in [0.05, 0.1) is 0 Å². The van der Waals surface area contributed by atoms with Gasteiger partial charge >= 0.3 is 0 Å². The molecular formula is C7H14FNS. The number of thioether (sulfide) groups is 1. The second-order valence-corrected chi connectivity index (χ2v) is 3.65. The summed E-state index contributed by atoms with van der Waals surface area (Å²) < 4.78 is 12.5. The van der Waals surface area contributed by atoms with Crippen molar-refractivity contribution in [1.82, 2.24) is 5.32 Å². The Morgan fingerprint density at radius 1 is 1.60 bits per heavy atom. The van der Waals surface area contributed by atoms with Crippen molar-refractivity contribution in [2.75, 3.05) is 18.6 Å². The summed E-state index contributed by atoms with van der Waals surface area (Å²) in [5.41, 5.74) is 0. The molecule has 1 rings (SSSR count). The van der Waals surface area contributed by atoms with E-state index < -0.39 is 6.17 Å². The molecule has 1 N–H and O–H groups in total. The number of rotatable bonds is 2. The lowest BCUT2D eigenvalue weighted by atomic mass is 10.1. The van der Waals surface area contributed by atoms with Crippen LogP contribution < -0.4 is 5.32 Å². The molecule has 0 aromatic rings. The van der Waals surface area contributed by atoms with Crippen molar-refractivity contribution >= 4 is 11.8 Å². The summed E-state index contributed by atoms with van der Waals surface area (Å²) in [5.74, 6) is 1.12. The van der Waals surface area contributed by atoms with Gasteiger partial charge in [-0.25, -0.2) is 4.39 Å². The Morgan fingerprint density at radius 2 is 2.40 bits per heavy atom. The summed E-state index contributed by atoms with van der Waals surface area (Å²) in [4.78, 5) is 0. The molecule has 3 heteroatoms. The van der Waals surface area contributed by atoms with E-state index in [4.69, 9.17) is 0 Å². The fourth-order valence-corrected chi connectivity index (χ4v) is 1.91. The number of piperidine rings is 1. The molecule has 2 unspecified atom stereocenters. The number of halogens is 1. The van der Waals surface area contributed by atoms with Gasteiger partial charge in [-0.2, -0.15) is 11.8 Å². The van der Waals surface area contributed by atoms with E-state index in [1.165, 1.54) is 0 Å². The maximum absolute atomic E-state index is 12.5. The van der Waals surface area contributed by atoms with Crippen LogP contribution in [0.4, 0.5) is 4.39 Å². The number of hydrogen-bond donors (Lipinski definition) is 1. The molecule has 1 nitrogen and oxygen atoms in total. The van der Waals surface area contributed by atoms with Gasteiger partial charge in [-0.3, -0.25) is 0 Å². The SMILES string of the molecule is CSCC1CCC(F)CN1. The third-order valence-corrected chi connectivity index (χ3v) is 2.56. The monoisotopic (exact) mass is 163 g/mol. The molecule has 0 saturated carbocycles. The number of nitrogens with one attached hydrogen (secondary N) is 1. The Labute approximate surface area is 65.8 Å². The summed E-state index contributed by atoms with van der Waals surface area (Å²) in [6.45, 7) is 0.561. The van der Waals surface area contributed by atoms with Crippen LogP contribution in [-0.2, 0) is 0 Å². The van der Waals surface area contributed by atoms with Crippen molar-refractivity contribution < 1.29 is 4.39 Å². The van der Waals surface area contributed by atoms with Crippen LogP contribution in [0.15, 0.2) is 0 Å². The molecule has 0 spiro atoms. The second-order valence-electron chi connectivity index (χ2n) is 2.74. The van der Waals surface area contributed by atoms with E-state index >= 15 is 0 Å². The third-order valence-electron chi connectivity index (χ3n) is 1.82. The zero-order valence-corrected chi connectivity index (χ0v) is 7.09. The van der Waals surface area contributed by atoms with Crippen molar-refractivity contribution in [3.63, 3.8) is 0 Å². The van der Waals surface area contributed by atoms with Crippen LogP contribution in [-0.4, -0.2) is 30.8 Å². The molecule has 1 saturated heterocycles. The molecular weight excluding hydrogens is 149 g/mol. The van der Waals surface area contributed by atoms with Crippen molar-refractivity contribution in [2.24, 2.45) is 0 Å². The van der Waals surface area contributed by atoms with Crippen LogP contribution in [0.3, 0.4) is 0 Å². The first-order valence-corrected chi connectivity index (χ1v) is 5.08. The molecule has 1 aliphatic rings. The van der Waals surface area contributed by atoms with E-state index in [9.17, 15) is 4.39 Å². The first-order valence-electron chi connectivity index (χ1n) is 3.69. The topological polar surface area (TPSA) is 12.0 Å². The van der Waals surface area contributed by atoms with Gasteiger partial charge in [0, 0.05) is 18.3 Å². The molecule has 0 amide bonds. The smallest absolute Gasteiger partial charge is 0.113 e. The molecule has 0 radical (unpaired) electrons. The van der Waals surface area contributed by atoms with Crippen LogP contribution in [0.1, 0.15) is 12.8 Å². The van der Waals surface area contributed by atoms with Crippen LogP contribution in [0.5, 0.6) is 0 Å². The minimum Gasteiger partial charge on any atom is -0.310 e.